The van der Waals surface area contributed by atoms with E-state index >= 15 is 0 Å². The average Bonchev–Trinajstić information content (AvgIpc) is 2.90. The van der Waals surface area contributed by atoms with Crippen molar-refractivity contribution in [2.75, 3.05) is 5.32 Å². The van der Waals surface area contributed by atoms with E-state index in [4.69, 9.17) is 14.2 Å². The summed E-state index contributed by atoms with van der Waals surface area (Å²) in [7, 11) is 0. The monoisotopic (exact) mass is 627 g/mol. The Morgan fingerprint density at radius 1 is 0.778 bits per heavy atom. The van der Waals surface area contributed by atoms with Crippen molar-refractivity contribution in [1.29, 1.82) is 0 Å². The fraction of sp³-hybridized carbons (Fsp3) is 0.333. The van der Waals surface area contributed by atoms with Crippen LogP contribution in [0, 0.1) is 0 Å². The number of rotatable bonds is 6. The summed E-state index contributed by atoms with van der Waals surface area (Å²) in [5, 5.41) is 5.08. The van der Waals surface area contributed by atoms with Crippen LogP contribution in [0.15, 0.2) is 77.8 Å². The Hall–Kier alpha value is -4.87. The maximum Gasteiger partial charge on any atom is 0.437 e. The molecule has 3 aromatic rings. The van der Waals surface area contributed by atoms with Gasteiger partial charge in [0.25, 0.3) is 0 Å². The average molecular weight is 628 g/mol. The van der Waals surface area contributed by atoms with E-state index in [1.54, 1.807) is 41.5 Å². The first kappa shape index (κ1) is 34.6. The molecule has 0 unspecified atom stereocenters. The van der Waals surface area contributed by atoms with Crippen LogP contribution in [-0.4, -0.2) is 35.3 Å². The number of amides is 2. The molecule has 0 aromatic heterocycles. The predicted octanol–water partition coefficient (Wildman–Crippen LogP) is 7.94. The molecular weight excluding hydrogens is 591 g/mol. The van der Waals surface area contributed by atoms with E-state index in [0.29, 0.717) is 12.1 Å². The second kappa shape index (κ2) is 14.3. The summed E-state index contributed by atoms with van der Waals surface area (Å²) in [4.78, 5) is 41.1. The third-order valence-electron chi connectivity index (χ3n) is 5.72. The highest BCUT2D eigenvalue weighted by molar-refractivity contribution is 6.06. The Labute approximate surface area is 259 Å². The van der Waals surface area contributed by atoms with E-state index in [9.17, 15) is 27.6 Å². The van der Waals surface area contributed by atoms with Gasteiger partial charge in [-0.3, -0.25) is 5.32 Å². The minimum absolute atomic E-state index is 0.0352. The lowest BCUT2D eigenvalue weighted by Gasteiger charge is -2.21. The Bertz CT molecular complexity index is 1520. The quantitative estimate of drug-likeness (QED) is 0.123. The van der Waals surface area contributed by atoms with Gasteiger partial charge in [0.05, 0.1) is 11.1 Å². The van der Waals surface area contributed by atoms with Gasteiger partial charge in [0.15, 0.2) is 0 Å². The second-order valence-corrected chi connectivity index (χ2v) is 12.0. The zero-order valence-corrected chi connectivity index (χ0v) is 25.9. The largest absolute Gasteiger partial charge is 0.444 e. The number of aliphatic imine (C=N–C) groups is 1. The number of hydrogen-bond donors (Lipinski definition) is 2. The van der Waals surface area contributed by atoms with Crippen LogP contribution in [0.25, 0.3) is 0 Å². The van der Waals surface area contributed by atoms with Crippen molar-refractivity contribution in [2.24, 2.45) is 4.99 Å². The Kier molecular flexibility index (Phi) is 11.0. The normalized spacial score (nSPS) is 12.2. The molecule has 0 saturated heterocycles. The van der Waals surface area contributed by atoms with Gasteiger partial charge >= 0.3 is 24.3 Å². The number of esters is 1. The summed E-state index contributed by atoms with van der Waals surface area (Å²) in [6, 6.07) is 18.2. The smallest absolute Gasteiger partial charge is 0.437 e. The van der Waals surface area contributed by atoms with Crippen LogP contribution >= 0.6 is 0 Å². The summed E-state index contributed by atoms with van der Waals surface area (Å²) in [6.07, 6.45) is -5.94. The molecule has 12 heteroatoms. The third kappa shape index (κ3) is 12.0. The topological polar surface area (TPSA) is 115 Å². The van der Waals surface area contributed by atoms with E-state index in [2.05, 4.69) is 15.6 Å². The van der Waals surface area contributed by atoms with Crippen molar-refractivity contribution in [3.8, 4) is 5.75 Å². The van der Waals surface area contributed by atoms with Crippen molar-refractivity contribution in [2.45, 2.75) is 71.8 Å². The lowest BCUT2D eigenvalue weighted by Crippen LogP contribution is -2.40. The van der Waals surface area contributed by atoms with Crippen LogP contribution in [0.2, 0.25) is 0 Å². The standard InChI is InChI=1S/C33H36F3N3O6/c1-31(2,3)44-29(41)38-28(39-30(42)45-32(4,5)6)37-24-17-14-23(15-18-24)27(40)43-25-19-16-22(26(20-25)33(34,35)36)13-12-21-10-8-7-9-11-21/h7-11,14-20H,12-13H2,1-6H3,(H2,37,38,39,41,42). The molecule has 3 aromatic carbocycles. The number of nitrogens with one attached hydrogen (secondary N) is 2. The third-order valence-corrected chi connectivity index (χ3v) is 5.72. The van der Waals surface area contributed by atoms with Crippen LogP contribution < -0.4 is 15.4 Å². The number of alkyl carbamates (subject to hydrolysis) is 1. The maximum atomic E-state index is 13.9. The molecule has 45 heavy (non-hydrogen) atoms. The zero-order valence-electron chi connectivity index (χ0n) is 25.9. The molecule has 0 fully saturated rings. The van der Waals surface area contributed by atoms with Gasteiger partial charge in [-0.1, -0.05) is 36.4 Å². The number of aryl methyl sites for hydroxylation is 2. The summed E-state index contributed by atoms with van der Waals surface area (Å²) in [5.41, 5.74) is -1.22. The van der Waals surface area contributed by atoms with Crippen LogP contribution in [-0.2, 0) is 28.5 Å². The molecule has 9 nitrogen and oxygen atoms in total. The van der Waals surface area contributed by atoms with Crippen molar-refractivity contribution >= 4 is 29.8 Å². The number of ether oxygens (including phenoxy) is 3. The molecule has 2 amide bonds. The highest BCUT2D eigenvalue weighted by Crippen LogP contribution is 2.35. The van der Waals surface area contributed by atoms with Crippen LogP contribution in [0.5, 0.6) is 5.75 Å². The molecule has 0 spiro atoms. The highest BCUT2D eigenvalue weighted by atomic mass is 19.4. The van der Waals surface area contributed by atoms with Crippen molar-refractivity contribution in [3.05, 3.63) is 95.1 Å². The van der Waals surface area contributed by atoms with Crippen molar-refractivity contribution in [3.63, 3.8) is 0 Å². The molecule has 0 aliphatic heterocycles. The first-order chi connectivity index (χ1) is 20.9. The molecule has 0 bridgehead atoms. The Morgan fingerprint density at radius 2 is 1.40 bits per heavy atom. The van der Waals surface area contributed by atoms with E-state index in [1.807, 2.05) is 30.3 Å². The van der Waals surface area contributed by atoms with Crippen molar-refractivity contribution in [1.82, 2.24) is 5.32 Å². The first-order valence-corrected chi connectivity index (χ1v) is 14.0. The number of halogens is 3. The fourth-order valence-corrected chi connectivity index (χ4v) is 3.88. The van der Waals surface area contributed by atoms with Crippen LogP contribution in [0.3, 0.4) is 0 Å². The fourth-order valence-electron chi connectivity index (χ4n) is 3.88. The minimum atomic E-state index is -4.65. The molecule has 2 N–H and O–H groups in total. The molecule has 0 aliphatic carbocycles. The number of alkyl halides is 3. The highest BCUT2D eigenvalue weighted by Gasteiger charge is 2.34. The summed E-state index contributed by atoms with van der Waals surface area (Å²) in [6.45, 7) is 9.93. The molecular formula is C33H36F3N3O6. The van der Waals surface area contributed by atoms with E-state index < -0.39 is 41.1 Å². The summed E-state index contributed by atoms with van der Waals surface area (Å²) < 4.78 is 57.2. The zero-order chi connectivity index (χ0) is 33.4. The number of carbonyl (C=O) groups excluding carboxylic acids is 3. The van der Waals surface area contributed by atoms with Crippen LogP contribution in [0.4, 0.5) is 28.4 Å². The predicted molar refractivity (Wildman–Crippen MR) is 163 cm³/mol. The van der Waals surface area contributed by atoms with Gasteiger partial charge in [0.1, 0.15) is 17.0 Å². The molecule has 0 radical (unpaired) electrons. The van der Waals surface area contributed by atoms with Crippen molar-refractivity contribution < 1.29 is 41.8 Å². The maximum absolute atomic E-state index is 13.9. The number of guanidine groups is 1. The van der Waals surface area contributed by atoms with Gasteiger partial charge < -0.3 is 19.5 Å². The number of carbonyl (C=O) groups is 3. The van der Waals surface area contributed by atoms with E-state index in [1.165, 1.54) is 36.4 Å². The first-order valence-electron chi connectivity index (χ1n) is 14.0. The van der Waals surface area contributed by atoms with Gasteiger partial charge in [-0.15, -0.1) is 4.99 Å². The van der Waals surface area contributed by atoms with Gasteiger partial charge in [-0.05, 0) is 102 Å². The second-order valence-electron chi connectivity index (χ2n) is 12.0. The van der Waals surface area contributed by atoms with Gasteiger partial charge in [0.2, 0.25) is 5.96 Å². The SMILES string of the molecule is CC(C)(C)OC(=O)/N=C(/NC(=O)OC(C)(C)C)Nc1ccc(C(=O)Oc2ccc(CCc3ccccc3)c(C(F)(F)F)c2)cc1. The molecule has 0 saturated carbocycles. The summed E-state index contributed by atoms with van der Waals surface area (Å²) >= 11 is 0. The Balaban J connectivity index is 1.73. The molecule has 0 aliphatic rings. The van der Waals surface area contributed by atoms with Gasteiger partial charge in [-0.25, -0.2) is 14.4 Å². The molecule has 0 atom stereocenters. The van der Waals surface area contributed by atoms with Crippen LogP contribution in [0.1, 0.15) is 68.6 Å². The number of benzene rings is 3. The number of nitrogens with zero attached hydrogens (tertiary/aromatic N) is 1. The molecule has 3 rings (SSSR count). The van der Waals surface area contributed by atoms with E-state index in [0.717, 1.165) is 11.6 Å². The van der Waals surface area contributed by atoms with Gasteiger partial charge in [0, 0.05) is 5.69 Å². The minimum Gasteiger partial charge on any atom is -0.444 e. The van der Waals surface area contributed by atoms with Gasteiger partial charge in [-0.2, -0.15) is 13.2 Å². The lowest BCUT2D eigenvalue weighted by atomic mass is 9.99. The van der Waals surface area contributed by atoms with E-state index in [-0.39, 0.29) is 29.3 Å². The lowest BCUT2D eigenvalue weighted by molar-refractivity contribution is -0.138. The Morgan fingerprint density at radius 3 is 1.98 bits per heavy atom. The number of hydrogen-bond acceptors (Lipinski definition) is 6. The summed E-state index contributed by atoms with van der Waals surface area (Å²) in [5.74, 6) is -1.45. The molecule has 0 heterocycles. The number of anilines is 1. The molecule has 240 valence electrons.